The van der Waals surface area contributed by atoms with Crippen molar-refractivity contribution in [2.24, 2.45) is 0 Å². The van der Waals surface area contributed by atoms with Crippen LogP contribution in [-0.2, 0) is 4.74 Å². The Morgan fingerprint density at radius 2 is 1.33 bits per heavy atom. The number of Topliss-reactive ketones (excluding diaryl/α,β-unsaturated/α-hetero) is 1. The number of ketones is 1. The largest absolute Gasteiger partial charge is 0.422 e. The molecule has 0 amide bonds. The smallest absolute Gasteiger partial charge is 0.344 e. The van der Waals surface area contributed by atoms with Gasteiger partial charge in [0.05, 0.1) is 16.4 Å². The van der Waals surface area contributed by atoms with E-state index in [2.05, 4.69) is 0 Å². The molecular weight excluding hydrogens is 356 g/mol. The number of carbonyl (C=O) groups is 2. The SMILES string of the molecule is O=C1OC2=C(C(=O)c3ccccc32)[C@@H](c2ccccc2)Sc2ccccc21. The second-order valence-electron chi connectivity index (χ2n) is 6.41. The summed E-state index contributed by atoms with van der Waals surface area (Å²) in [4.78, 5) is 26.8. The lowest BCUT2D eigenvalue weighted by Gasteiger charge is -2.23. The highest BCUT2D eigenvalue weighted by molar-refractivity contribution is 7.99. The van der Waals surface area contributed by atoms with Gasteiger partial charge in [-0.1, -0.05) is 66.7 Å². The molecule has 0 spiro atoms. The van der Waals surface area contributed by atoms with Gasteiger partial charge < -0.3 is 4.74 Å². The van der Waals surface area contributed by atoms with Gasteiger partial charge in [0.1, 0.15) is 5.76 Å². The molecule has 0 fully saturated rings. The third-order valence-corrected chi connectivity index (χ3v) is 6.17. The summed E-state index contributed by atoms with van der Waals surface area (Å²) in [6, 6.07) is 24.6. The third kappa shape index (κ3) is 2.53. The Kier molecular flexibility index (Phi) is 3.73. The van der Waals surface area contributed by atoms with Crippen molar-refractivity contribution in [3.8, 4) is 0 Å². The lowest BCUT2D eigenvalue weighted by molar-refractivity contribution is 0.0686. The first-order chi connectivity index (χ1) is 13.2. The number of fused-ring (bicyclic) bond motifs is 3. The van der Waals surface area contributed by atoms with E-state index < -0.39 is 5.97 Å². The maximum atomic E-state index is 13.2. The fraction of sp³-hybridized carbons (Fsp3) is 0.0435. The van der Waals surface area contributed by atoms with E-state index in [0.29, 0.717) is 28.0 Å². The summed E-state index contributed by atoms with van der Waals surface area (Å²) in [6.45, 7) is 0. The van der Waals surface area contributed by atoms with Gasteiger partial charge in [-0.3, -0.25) is 4.79 Å². The van der Waals surface area contributed by atoms with Crippen LogP contribution >= 0.6 is 11.8 Å². The standard InChI is InChI=1S/C23H14O3S/c24-20-15-10-4-5-11-16(15)21-19(20)22(14-8-2-1-3-9-14)27-18-13-7-6-12-17(18)23(25)26-21/h1-13,22H/t22-/m1/s1. The summed E-state index contributed by atoms with van der Waals surface area (Å²) in [5, 5.41) is -0.254. The molecule has 1 aliphatic carbocycles. The number of carbonyl (C=O) groups excluding carboxylic acids is 2. The van der Waals surface area contributed by atoms with E-state index in [1.165, 1.54) is 11.8 Å². The summed E-state index contributed by atoms with van der Waals surface area (Å²) in [7, 11) is 0. The van der Waals surface area contributed by atoms with Crippen molar-refractivity contribution in [3.05, 3.63) is 107 Å². The van der Waals surface area contributed by atoms with Crippen molar-refractivity contribution in [1.29, 1.82) is 0 Å². The van der Waals surface area contributed by atoms with Crippen LogP contribution in [0.1, 0.15) is 37.1 Å². The molecule has 0 radical (unpaired) electrons. The fourth-order valence-corrected chi connectivity index (χ4v) is 4.87. The highest BCUT2D eigenvalue weighted by Crippen LogP contribution is 2.50. The second kappa shape index (κ2) is 6.25. The number of esters is 1. The van der Waals surface area contributed by atoms with Crippen molar-refractivity contribution in [1.82, 2.24) is 0 Å². The van der Waals surface area contributed by atoms with Crippen molar-refractivity contribution in [2.75, 3.05) is 0 Å². The first-order valence-electron chi connectivity index (χ1n) is 8.65. The van der Waals surface area contributed by atoms with Gasteiger partial charge in [-0.15, -0.1) is 11.8 Å². The molecule has 1 heterocycles. The van der Waals surface area contributed by atoms with Crippen molar-refractivity contribution < 1.29 is 14.3 Å². The molecule has 0 saturated heterocycles. The van der Waals surface area contributed by atoms with E-state index >= 15 is 0 Å². The lowest BCUT2D eigenvalue weighted by atomic mass is 10.0. The van der Waals surface area contributed by atoms with Gasteiger partial charge in [-0.05, 0) is 17.7 Å². The molecule has 130 valence electrons. The van der Waals surface area contributed by atoms with Gasteiger partial charge in [-0.25, -0.2) is 4.79 Å². The molecule has 0 unspecified atom stereocenters. The quantitative estimate of drug-likeness (QED) is 0.545. The van der Waals surface area contributed by atoms with Crippen molar-refractivity contribution >= 4 is 29.3 Å². The minimum absolute atomic E-state index is 0.0749. The van der Waals surface area contributed by atoms with Crippen LogP contribution in [0, 0.1) is 0 Å². The Morgan fingerprint density at radius 3 is 2.11 bits per heavy atom. The van der Waals surface area contributed by atoms with Crippen LogP contribution in [0.3, 0.4) is 0 Å². The van der Waals surface area contributed by atoms with Crippen LogP contribution in [0.5, 0.6) is 0 Å². The van der Waals surface area contributed by atoms with E-state index in [0.717, 1.165) is 10.5 Å². The highest BCUT2D eigenvalue weighted by Gasteiger charge is 2.39. The second-order valence-corrected chi connectivity index (χ2v) is 7.56. The fourth-order valence-electron chi connectivity index (χ4n) is 3.55. The van der Waals surface area contributed by atoms with Crippen molar-refractivity contribution in [3.63, 3.8) is 0 Å². The summed E-state index contributed by atoms with van der Waals surface area (Å²) in [5.74, 6) is -0.118. The van der Waals surface area contributed by atoms with Crippen LogP contribution in [-0.4, -0.2) is 11.8 Å². The number of thioether (sulfide) groups is 1. The van der Waals surface area contributed by atoms with E-state index in [1.54, 1.807) is 12.1 Å². The first-order valence-corrected chi connectivity index (χ1v) is 9.53. The minimum atomic E-state index is -0.429. The van der Waals surface area contributed by atoms with E-state index in [4.69, 9.17) is 4.74 Å². The van der Waals surface area contributed by atoms with Gasteiger partial charge >= 0.3 is 5.97 Å². The molecule has 5 rings (SSSR count). The first kappa shape index (κ1) is 16.1. The molecule has 4 heteroatoms. The topological polar surface area (TPSA) is 43.4 Å². The van der Waals surface area contributed by atoms with E-state index in [9.17, 15) is 9.59 Å². The molecule has 0 bridgehead atoms. The van der Waals surface area contributed by atoms with Crippen LogP contribution in [0.15, 0.2) is 89.3 Å². The van der Waals surface area contributed by atoms with Crippen LogP contribution < -0.4 is 0 Å². The molecule has 27 heavy (non-hydrogen) atoms. The average Bonchev–Trinajstić information content (AvgIpc) is 2.97. The Bertz CT molecular complexity index is 1120. The van der Waals surface area contributed by atoms with E-state index in [-0.39, 0.29) is 11.0 Å². The van der Waals surface area contributed by atoms with Crippen LogP contribution in [0.25, 0.3) is 5.76 Å². The molecule has 0 saturated carbocycles. The number of hydrogen-bond donors (Lipinski definition) is 0. The van der Waals surface area contributed by atoms with Gasteiger partial charge in [0.15, 0.2) is 5.78 Å². The van der Waals surface area contributed by atoms with Gasteiger partial charge in [0.2, 0.25) is 0 Å². The summed E-state index contributed by atoms with van der Waals surface area (Å²) in [6.07, 6.45) is 0. The Hall–Kier alpha value is -3.11. The summed E-state index contributed by atoms with van der Waals surface area (Å²) < 4.78 is 5.80. The van der Waals surface area contributed by atoms with E-state index in [1.807, 2.05) is 66.7 Å². The molecule has 0 aromatic heterocycles. The van der Waals surface area contributed by atoms with Gasteiger partial charge in [0, 0.05) is 16.0 Å². The molecule has 1 aliphatic heterocycles. The zero-order valence-corrected chi connectivity index (χ0v) is 15.0. The number of ether oxygens (including phenoxy) is 1. The normalized spacial score (nSPS) is 18.1. The number of rotatable bonds is 1. The van der Waals surface area contributed by atoms with Gasteiger partial charge in [-0.2, -0.15) is 0 Å². The molecular formula is C23H14O3S. The molecule has 2 aliphatic rings. The molecule has 3 aromatic carbocycles. The maximum absolute atomic E-state index is 13.2. The zero-order chi connectivity index (χ0) is 18.4. The minimum Gasteiger partial charge on any atom is -0.422 e. The van der Waals surface area contributed by atoms with Crippen molar-refractivity contribution in [2.45, 2.75) is 10.1 Å². The van der Waals surface area contributed by atoms with Crippen LogP contribution in [0.2, 0.25) is 0 Å². The lowest BCUT2D eigenvalue weighted by Crippen LogP contribution is -2.14. The van der Waals surface area contributed by atoms with Gasteiger partial charge in [0.25, 0.3) is 0 Å². The maximum Gasteiger partial charge on any atom is 0.344 e. The Morgan fingerprint density at radius 1 is 0.704 bits per heavy atom. The Balaban J connectivity index is 1.76. The monoisotopic (exact) mass is 370 g/mol. The highest BCUT2D eigenvalue weighted by atomic mass is 32.2. The summed E-state index contributed by atoms with van der Waals surface area (Å²) >= 11 is 1.52. The predicted octanol–water partition coefficient (Wildman–Crippen LogP) is 5.30. The molecule has 3 nitrogen and oxygen atoms in total. The average molecular weight is 370 g/mol. The molecule has 0 N–H and O–H groups in total. The number of benzene rings is 3. The Labute approximate surface area is 160 Å². The third-order valence-electron chi connectivity index (χ3n) is 4.82. The van der Waals surface area contributed by atoms with Crippen LogP contribution in [0.4, 0.5) is 0 Å². The molecule has 1 atom stereocenters. The summed E-state index contributed by atoms with van der Waals surface area (Å²) in [5.41, 5.74) is 3.33. The predicted molar refractivity (Wildman–Crippen MR) is 105 cm³/mol. The zero-order valence-electron chi connectivity index (χ0n) is 14.2. The number of hydrogen-bond acceptors (Lipinski definition) is 4. The molecule has 3 aromatic rings.